The van der Waals surface area contributed by atoms with Crippen molar-refractivity contribution in [2.24, 2.45) is 0 Å². The lowest BCUT2D eigenvalue weighted by Gasteiger charge is -2.30. The fourth-order valence-electron chi connectivity index (χ4n) is 2.35. The average molecular weight is 300 g/mol. The zero-order valence-corrected chi connectivity index (χ0v) is 12.3. The Hall–Kier alpha value is -0.650. The Labute approximate surface area is 124 Å². The van der Waals surface area contributed by atoms with E-state index in [1.807, 2.05) is 24.3 Å². The predicted molar refractivity (Wildman–Crippen MR) is 78.8 cm³/mol. The highest BCUT2D eigenvalue weighted by Gasteiger charge is 2.19. The Balaban J connectivity index is 1.62. The van der Waals surface area contributed by atoms with Gasteiger partial charge in [-0.05, 0) is 30.5 Å². The summed E-state index contributed by atoms with van der Waals surface area (Å²) < 4.78 is 5.51. The molecule has 0 radical (unpaired) electrons. The van der Waals surface area contributed by atoms with E-state index in [0.717, 1.165) is 31.5 Å². The summed E-state index contributed by atoms with van der Waals surface area (Å²) in [6.45, 7) is 3.09. The van der Waals surface area contributed by atoms with Gasteiger partial charge in [0.05, 0.1) is 25.4 Å². The minimum Gasteiger partial charge on any atom is -0.393 e. The number of halogens is 1. The van der Waals surface area contributed by atoms with Crippen molar-refractivity contribution in [3.05, 3.63) is 34.9 Å². The molecule has 112 valence electrons. The summed E-state index contributed by atoms with van der Waals surface area (Å²) in [5.41, 5.74) is 1.04. The maximum Gasteiger partial charge on any atom is 0.0900 e. The van der Waals surface area contributed by atoms with Crippen LogP contribution in [0.2, 0.25) is 5.02 Å². The normalized spacial score (nSPS) is 19.1. The summed E-state index contributed by atoms with van der Waals surface area (Å²) in [4.78, 5) is 2.17. The number of benzene rings is 1. The van der Waals surface area contributed by atoms with Crippen molar-refractivity contribution in [2.45, 2.75) is 31.7 Å². The Kier molecular flexibility index (Phi) is 6.26. The number of ether oxygens (including phenoxy) is 1. The number of nitrogens with zero attached hydrogens (tertiary/aromatic N) is 1. The Morgan fingerprint density at radius 3 is 2.55 bits per heavy atom. The molecule has 1 atom stereocenters. The highest BCUT2D eigenvalue weighted by Crippen LogP contribution is 2.12. The van der Waals surface area contributed by atoms with Crippen molar-refractivity contribution >= 4 is 11.6 Å². The first-order chi connectivity index (χ1) is 9.63. The van der Waals surface area contributed by atoms with E-state index in [2.05, 4.69) is 4.90 Å². The molecule has 0 bridgehead atoms. The first-order valence-electron chi connectivity index (χ1n) is 7.04. The van der Waals surface area contributed by atoms with Crippen LogP contribution >= 0.6 is 11.6 Å². The zero-order chi connectivity index (χ0) is 14.4. The molecular weight excluding hydrogens is 278 g/mol. The Bertz CT molecular complexity index is 391. The second-order valence-corrected chi connectivity index (χ2v) is 5.76. The van der Waals surface area contributed by atoms with Gasteiger partial charge < -0.3 is 19.8 Å². The Morgan fingerprint density at radius 1 is 1.25 bits per heavy atom. The van der Waals surface area contributed by atoms with Gasteiger partial charge in [-0.1, -0.05) is 23.7 Å². The van der Waals surface area contributed by atoms with Gasteiger partial charge in [-0.15, -0.1) is 0 Å². The second-order valence-electron chi connectivity index (χ2n) is 5.33. The van der Waals surface area contributed by atoms with Crippen LogP contribution < -0.4 is 0 Å². The standard InChI is InChI=1S/C15H22ClNO3/c16-13-3-1-12(2-4-13)10-20-11-15(19)9-17-7-5-14(18)6-8-17/h1-4,14-15,18-19H,5-11H2/t15-/m1/s1. The molecule has 5 heteroatoms. The monoisotopic (exact) mass is 299 g/mol. The molecule has 0 unspecified atom stereocenters. The third-order valence-electron chi connectivity index (χ3n) is 3.52. The van der Waals surface area contributed by atoms with Crippen molar-refractivity contribution in [3.8, 4) is 0 Å². The van der Waals surface area contributed by atoms with Crippen LogP contribution in [0.1, 0.15) is 18.4 Å². The molecule has 1 aromatic carbocycles. The maximum atomic E-state index is 9.94. The van der Waals surface area contributed by atoms with Crippen molar-refractivity contribution in [3.63, 3.8) is 0 Å². The lowest BCUT2D eigenvalue weighted by molar-refractivity contribution is -0.00243. The molecule has 0 aliphatic carbocycles. The van der Waals surface area contributed by atoms with Crippen LogP contribution in [0.25, 0.3) is 0 Å². The first-order valence-corrected chi connectivity index (χ1v) is 7.42. The summed E-state index contributed by atoms with van der Waals surface area (Å²) >= 11 is 5.81. The van der Waals surface area contributed by atoms with Gasteiger partial charge in [0.1, 0.15) is 0 Å². The van der Waals surface area contributed by atoms with Crippen LogP contribution in [0.5, 0.6) is 0 Å². The van der Waals surface area contributed by atoms with E-state index < -0.39 is 6.10 Å². The highest BCUT2D eigenvalue weighted by molar-refractivity contribution is 6.30. The lowest BCUT2D eigenvalue weighted by Crippen LogP contribution is -2.41. The van der Waals surface area contributed by atoms with Gasteiger partial charge in [0.2, 0.25) is 0 Å². The van der Waals surface area contributed by atoms with Gasteiger partial charge in [-0.25, -0.2) is 0 Å². The van der Waals surface area contributed by atoms with E-state index in [1.54, 1.807) is 0 Å². The maximum absolute atomic E-state index is 9.94. The Morgan fingerprint density at radius 2 is 1.90 bits per heavy atom. The molecule has 0 aromatic heterocycles. The van der Waals surface area contributed by atoms with Crippen LogP contribution in [-0.2, 0) is 11.3 Å². The second kappa shape index (κ2) is 7.96. The molecule has 1 aromatic rings. The summed E-state index contributed by atoms with van der Waals surface area (Å²) in [5, 5.41) is 20.1. The number of aliphatic hydroxyl groups excluding tert-OH is 2. The molecule has 0 spiro atoms. The predicted octanol–water partition coefficient (Wildman–Crippen LogP) is 1.67. The molecule has 0 amide bonds. The molecule has 1 saturated heterocycles. The SMILES string of the molecule is OC1CCN(C[C@@H](O)COCc2ccc(Cl)cc2)CC1. The van der Waals surface area contributed by atoms with E-state index in [1.165, 1.54) is 0 Å². The summed E-state index contributed by atoms with van der Waals surface area (Å²) in [6.07, 6.45) is 0.915. The molecule has 1 heterocycles. The topological polar surface area (TPSA) is 52.9 Å². The molecule has 20 heavy (non-hydrogen) atoms. The van der Waals surface area contributed by atoms with E-state index in [9.17, 15) is 10.2 Å². The van der Waals surface area contributed by atoms with Crippen LogP contribution in [-0.4, -0.2) is 53.6 Å². The third-order valence-corrected chi connectivity index (χ3v) is 3.77. The van der Waals surface area contributed by atoms with E-state index in [4.69, 9.17) is 16.3 Å². The fraction of sp³-hybridized carbons (Fsp3) is 0.600. The number of piperidine rings is 1. The fourth-order valence-corrected chi connectivity index (χ4v) is 2.47. The van der Waals surface area contributed by atoms with Gasteiger partial charge in [-0.3, -0.25) is 0 Å². The number of aliphatic hydroxyl groups is 2. The molecule has 1 aliphatic rings. The van der Waals surface area contributed by atoms with Crippen molar-refractivity contribution in [1.82, 2.24) is 4.90 Å². The van der Waals surface area contributed by atoms with Gasteiger partial charge in [-0.2, -0.15) is 0 Å². The van der Waals surface area contributed by atoms with Crippen molar-refractivity contribution < 1.29 is 14.9 Å². The number of β-amino-alcohol motifs (C(OH)–C–C–N with tert-alkyl or cyclic N) is 1. The van der Waals surface area contributed by atoms with Gasteiger partial charge in [0.25, 0.3) is 0 Å². The highest BCUT2D eigenvalue weighted by atomic mass is 35.5. The van der Waals surface area contributed by atoms with Crippen LogP contribution in [0.3, 0.4) is 0 Å². The number of rotatable bonds is 6. The molecule has 1 aliphatic heterocycles. The quantitative estimate of drug-likeness (QED) is 0.839. The van der Waals surface area contributed by atoms with E-state index in [0.29, 0.717) is 24.8 Å². The largest absolute Gasteiger partial charge is 0.393 e. The van der Waals surface area contributed by atoms with Gasteiger partial charge in [0, 0.05) is 24.7 Å². The minimum atomic E-state index is -0.488. The van der Waals surface area contributed by atoms with Crippen LogP contribution in [0.15, 0.2) is 24.3 Å². The molecule has 2 N–H and O–H groups in total. The molecular formula is C15H22ClNO3. The van der Waals surface area contributed by atoms with Crippen molar-refractivity contribution in [2.75, 3.05) is 26.2 Å². The zero-order valence-electron chi connectivity index (χ0n) is 11.5. The van der Waals surface area contributed by atoms with Crippen LogP contribution in [0.4, 0.5) is 0 Å². The first kappa shape index (κ1) is 15.7. The van der Waals surface area contributed by atoms with Crippen molar-refractivity contribution in [1.29, 1.82) is 0 Å². The summed E-state index contributed by atoms with van der Waals surface area (Å²) in [7, 11) is 0. The van der Waals surface area contributed by atoms with Gasteiger partial charge >= 0.3 is 0 Å². The molecule has 2 rings (SSSR count). The summed E-state index contributed by atoms with van der Waals surface area (Å²) in [5.74, 6) is 0. The number of likely N-dealkylation sites (tertiary alicyclic amines) is 1. The van der Waals surface area contributed by atoms with E-state index >= 15 is 0 Å². The number of hydrogen-bond donors (Lipinski definition) is 2. The molecule has 4 nitrogen and oxygen atoms in total. The van der Waals surface area contributed by atoms with Gasteiger partial charge in [0.15, 0.2) is 0 Å². The minimum absolute atomic E-state index is 0.176. The smallest absolute Gasteiger partial charge is 0.0900 e. The van der Waals surface area contributed by atoms with Crippen LogP contribution in [0, 0.1) is 0 Å². The third kappa shape index (κ3) is 5.38. The van der Waals surface area contributed by atoms with E-state index in [-0.39, 0.29) is 6.10 Å². The lowest BCUT2D eigenvalue weighted by atomic mass is 10.1. The summed E-state index contributed by atoms with van der Waals surface area (Å²) in [6, 6.07) is 7.49. The average Bonchev–Trinajstić information content (AvgIpc) is 2.44. The molecule has 0 saturated carbocycles. The number of hydrogen-bond acceptors (Lipinski definition) is 4. The molecule has 1 fully saturated rings.